The standard InChI is InChI=1S/C5H13ClOSi/c1-5(4-6)7-8(2)3/h5,8H,4H2,1-3H3. The number of halogens is 1. The molecule has 8 heavy (non-hydrogen) atoms. The third kappa shape index (κ3) is 4.62. The van der Waals surface area contributed by atoms with Crippen molar-refractivity contribution in [1.82, 2.24) is 0 Å². The Hall–Kier alpha value is 0.467. The molecule has 0 heterocycles. The molecular weight excluding hydrogens is 140 g/mol. The lowest BCUT2D eigenvalue weighted by Gasteiger charge is -2.11. The van der Waals surface area contributed by atoms with Gasteiger partial charge in [-0.25, -0.2) is 0 Å². The van der Waals surface area contributed by atoms with Gasteiger partial charge in [0.1, 0.15) is 0 Å². The first kappa shape index (κ1) is 8.47. The van der Waals surface area contributed by atoms with Crippen LogP contribution in [0.4, 0.5) is 0 Å². The minimum atomic E-state index is -0.830. The molecule has 0 saturated carbocycles. The second-order valence-electron chi connectivity index (χ2n) is 2.15. The molecule has 0 amide bonds. The van der Waals surface area contributed by atoms with Crippen LogP contribution in [0.15, 0.2) is 0 Å². The van der Waals surface area contributed by atoms with Crippen molar-refractivity contribution in [2.24, 2.45) is 0 Å². The molecule has 0 saturated heterocycles. The summed E-state index contributed by atoms with van der Waals surface area (Å²) in [5, 5.41) is 0. The van der Waals surface area contributed by atoms with Gasteiger partial charge in [0.25, 0.3) is 0 Å². The summed E-state index contributed by atoms with van der Waals surface area (Å²) in [6.07, 6.45) is 0.253. The van der Waals surface area contributed by atoms with E-state index in [2.05, 4.69) is 13.1 Å². The average Bonchev–Trinajstić information content (AvgIpc) is 1.65. The third-order valence-corrected chi connectivity index (χ3v) is 2.17. The van der Waals surface area contributed by atoms with Crippen molar-refractivity contribution >= 4 is 20.6 Å². The molecule has 0 aliphatic carbocycles. The Morgan fingerprint density at radius 2 is 2.12 bits per heavy atom. The molecule has 0 aromatic heterocycles. The van der Waals surface area contributed by atoms with E-state index in [1.807, 2.05) is 6.92 Å². The highest BCUT2D eigenvalue weighted by Crippen LogP contribution is 1.95. The molecule has 0 aromatic rings. The van der Waals surface area contributed by atoms with Crippen LogP contribution in [0.3, 0.4) is 0 Å². The van der Waals surface area contributed by atoms with E-state index in [4.69, 9.17) is 16.0 Å². The maximum absolute atomic E-state index is 5.49. The SMILES string of the molecule is CC(CCl)O[SiH](C)C. The van der Waals surface area contributed by atoms with Crippen LogP contribution in [0.5, 0.6) is 0 Å². The number of alkyl halides is 1. The van der Waals surface area contributed by atoms with Gasteiger partial charge < -0.3 is 4.43 Å². The van der Waals surface area contributed by atoms with Crippen molar-refractivity contribution in [3.8, 4) is 0 Å². The minimum Gasteiger partial charge on any atom is -0.417 e. The van der Waals surface area contributed by atoms with Gasteiger partial charge in [-0.3, -0.25) is 0 Å². The Balaban J connectivity index is 3.10. The number of hydrogen-bond donors (Lipinski definition) is 0. The van der Waals surface area contributed by atoms with Gasteiger partial charge in [0, 0.05) is 5.88 Å². The lowest BCUT2D eigenvalue weighted by molar-refractivity contribution is 0.251. The lowest BCUT2D eigenvalue weighted by atomic mass is 10.5. The first-order valence-corrected chi connectivity index (χ1v) is 6.19. The molecule has 1 unspecified atom stereocenters. The van der Waals surface area contributed by atoms with Crippen LogP contribution >= 0.6 is 11.6 Å². The zero-order chi connectivity index (χ0) is 6.57. The van der Waals surface area contributed by atoms with Gasteiger partial charge in [0.05, 0.1) is 6.10 Å². The third-order valence-electron chi connectivity index (χ3n) is 0.722. The van der Waals surface area contributed by atoms with Gasteiger partial charge in [0.2, 0.25) is 0 Å². The average molecular weight is 153 g/mol. The Bertz CT molecular complexity index is 58.4. The van der Waals surface area contributed by atoms with Gasteiger partial charge in [-0.2, -0.15) is 0 Å². The Morgan fingerprint density at radius 3 is 2.25 bits per heavy atom. The zero-order valence-electron chi connectivity index (χ0n) is 5.65. The highest BCUT2D eigenvalue weighted by atomic mass is 35.5. The van der Waals surface area contributed by atoms with Crippen molar-refractivity contribution in [3.05, 3.63) is 0 Å². The molecule has 50 valence electrons. The fraction of sp³-hybridized carbons (Fsp3) is 1.00. The van der Waals surface area contributed by atoms with Gasteiger partial charge in [-0.15, -0.1) is 11.6 Å². The van der Waals surface area contributed by atoms with E-state index >= 15 is 0 Å². The van der Waals surface area contributed by atoms with Crippen molar-refractivity contribution in [2.45, 2.75) is 26.1 Å². The predicted molar refractivity (Wildman–Crippen MR) is 40.1 cm³/mol. The van der Waals surface area contributed by atoms with Gasteiger partial charge in [-0.1, -0.05) is 0 Å². The summed E-state index contributed by atoms with van der Waals surface area (Å²) < 4.78 is 5.41. The molecule has 0 aliphatic rings. The smallest absolute Gasteiger partial charge is 0.171 e. The van der Waals surface area contributed by atoms with Crippen LogP contribution in [-0.2, 0) is 4.43 Å². The molecule has 0 bridgehead atoms. The van der Waals surface area contributed by atoms with Crippen LogP contribution in [-0.4, -0.2) is 21.0 Å². The van der Waals surface area contributed by atoms with E-state index in [-0.39, 0.29) is 6.10 Å². The molecule has 0 aromatic carbocycles. The van der Waals surface area contributed by atoms with Crippen LogP contribution in [0.1, 0.15) is 6.92 Å². The summed E-state index contributed by atoms with van der Waals surface area (Å²) in [4.78, 5) is 0. The fourth-order valence-corrected chi connectivity index (χ4v) is 1.72. The zero-order valence-corrected chi connectivity index (χ0v) is 7.56. The normalized spacial score (nSPS) is 14.6. The summed E-state index contributed by atoms with van der Waals surface area (Å²) in [6, 6.07) is 0. The Morgan fingerprint density at radius 1 is 1.62 bits per heavy atom. The molecule has 0 rings (SSSR count). The Labute approximate surface area is 57.7 Å². The monoisotopic (exact) mass is 152 g/mol. The van der Waals surface area contributed by atoms with Crippen molar-refractivity contribution in [2.75, 3.05) is 5.88 Å². The predicted octanol–water partition coefficient (Wildman–Crippen LogP) is 1.61. The summed E-state index contributed by atoms with van der Waals surface area (Å²) >= 11 is 5.49. The van der Waals surface area contributed by atoms with Crippen molar-refractivity contribution < 1.29 is 4.43 Å². The highest BCUT2D eigenvalue weighted by molar-refractivity contribution is 6.48. The fourth-order valence-electron chi connectivity index (χ4n) is 0.501. The molecule has 1 nitrogen and oxygen atoms in total. The molecule has 0 N–H and O–H groups in total. The van der Waals surface area contributed by atoms with E-state index < -0.39 is 9.04 Å². The van der Waals surface area contributed by atoms with Gasteiger partial charge >= 0.3 is 0 Å². The molecule has 0 fully saturated rings. The highest BCUT2D eigenvalue weighted by Gasteiger charge is 2.01. The summed E-state index contributed by atoms with van der Waals surface area (Å²) in [5.74, 6) is 0.616. The van der Waals surface area contributed by atoms with Gasteiger partial charge in [-0.05, 0) is 20.0 Å². The second kappa shape index (κ2) is 4.36. The van der Waals surface area contributed by atoms with E-state index in [9.17, 15) is 0 Å². The van der Waals surface area contributed by atoms with Crippen LogP contribution in [0, 0.1) is 0 Å². The quantitative estimate of drug-likeness (QED) is 0.441. The molecule has 0 spiro atoms. The topological polar surface area (TPSA) is 9.23 Å². The van der Waals surface area contributed by atoms with Gasteiger partial charge in [0.15, 0.2) is 9.04 Å². The molecule has 3 heteroatoms. The molecular formula is C5H13ClOSi. The van der Waals surface area contributed by atoms with E-state index in [0.29, 0.717) is 5.88 Å². The Kier molecular flexibility index (Phi) is 4.61. The largest absolute Gasteiger partial charge is 0.417 e. The van der Waals surface area contributed by atoms with E-state index in [1.54, 1.807) is 0 Å². The van der Waals surface area contributed by atoms with Crippen LogP contribution in [0.25, 0.3) is 0 Å². The number of rotatable bonds is 3. The molecule has 1 atom stereocenters. The molecule has 0 aliphatic heterocycles. The lowest BCUT2D eigenvalue weighted by Crippen LogP contribution is -2.18. The maximum Gasteiger partial charge on any atom is 0.171 e. The molecule has 0 radical (unpaired) electrons. The summed E-state index contributed by atoms with van der Waals surface area (Å²) in [7, 11) is -0.830. The summed E-state index contributed by atoms with van der Waals surface area (Å²) in [6.45, 7) is 6.28. The second-order valence-corrected chi connectivity index (χ2v) is 4.83. The first-order valence-electron chi connectivity index (χ1n) is 2.88. The van der Waals surface area contributed by atoms with E-state index in [1.165, 1.54) is 0 Å². The minimum absolute atomic E-state index is 0.253. The van der Waals surface area contributed by atoms with Crippen LogP contribution in [0.2, 0.25) is 13.1 Å². The van der Waals surface area contributed by atoms with E-state index in [0.717, 1.165) is 0 Å². The first-order chi connectivity index (χ1) is 3.66. The summed E-state index contributed by atoms with van der Waals surface area (Å²) in [5.41, 5.74) is 0. The van der Waals surface area contributed by atoms with Crippen molar-refractivity contribution in [1.29, 1.82) is 0 Å². The maximum atomic E-state index is 5.49. The van der Waals surface area contributed by atoms with Crippen LogP contribution < -0.4 is 0 Å². The van der Waals surface area contributed by atoms with Crippen molar-refractivity contribution in [3.63, 3.8) is 0 Å². The number of hydrogen-bond acceptors (Lipinski definition) is 1.